The summed E-state index contributed by atoms with van der Waals surface area (Å²) < 4.78 is 6.31. The van der Waals surface area contributed by atoms with Crippen LogP contribution in [-0.2, 0) is 11.8 Å². The lowest BCUT2D eigenvalue weighted by Crippen LogP contribution is -2.30. The third-order valence-corrected chi connectivity index (χ3v) is 5.76. The van der Waals surface area contributed by atoms with Gasteiger partial charge in [0.1, 0.15) is 11.3 Å². The van der Waals surface area contributed by atoms with Gasteiger partial charge in [-0.3, -0.25) is 4.79 Å². The Hall–Kier alpha value is -3.39. The zero-order valence-corrected chi connectivity index (χ0v) is 15.7. The van der Waals surface area contributed by atoms with E-state index < -0.39 is 5.41 Å². The molecule has 1 aliphatic rings. The predicted octanol–water partition coefficient (Wildman–Crippen LogP) is 5.85. The Balaban J connectivity index is 1.78. The van der Waals surface area contributed by atoms with Crippen molar-refractivity contribution in [3.8, 4) is 0 Å². The van der Waals surface area contributed by atoms with Gasteiger partial charge in [0.05, 0.1) is 10.8 Å². The molecule has 2 heteroatoms. The molecule has 1 aliphatic carbocycles. The summed E-state index contributed by atoms with van der Waals surface area (Å²) in [4.78, 5) is 12.8. The maximum atomic E-state index is 12.8. The highest BCUT2D eigenvalue weighted by Gasteiger charge is 2.38. The van der Waals surface area contributed by atoms with Gasteiger partial charge in [0.15, 0.2) is 5.43 Å². The van der Waals surface area contributed by atoms with Crippen LogP contribution in [0.1, 0.15) is 29.4 Å². The Morgan fingerprint density at radius 2 is 1.57 bits per heavy atom. The fourth-order valence-corrected chi connectivity index (χ4v) is 4.24. The largest absolute Gasteiger partial charge is 0.460 e. The topological polar surface area (TPSA) is 30.2 Å². The van der Waals surface area contributed by atoms with E-state index >= 15 is 0 Å². The molecule has 0 saturated carbocycles. The van der Waals surface area contributed by atoms with E-state index in [-0.39, 0.29) is 5.43 Å². The maximum Gasteiger partial charge on any atom is 0.192 e. The zero-order chi connectivity index (χ0) is 19.1. The van der Waals surface area contributed by atoms with Crippen LogP contribution in [0, 0.1) is 0 Å². The third kappa shape index (κ3) is 2.61. The molecule has 4 aromatic rings. The Kier molecular flexibility index (Phi) is 3.80. The van der Waals surface area contributed by atoms with E-state index in [1.165, 1.54) is 16.7 Å². The van der Waals surface area contributed by atoms with Crippen molar-refractivity contribution in [3.05, 3.63) is 118 Å². The van der Waals surface area contributed by atoms with E-state index in [0.29, 0.717) is 16.7 Å². The first-order valence-corrected chi connectivity index (χ1v) is 9.54. The van der Waals surface area contributed by atoms with E-state index in [2.05, 4.69) is 49.4 Å². The number of fused-ring (bicyclic) bond motifs is 2. The maximum absolute atomic E-state index is 12.8. The minimum atomic E-state index is -0.432. The molecule has 1 heterocycles. The van der Waals surface area contributed by atoms with Crippen molar-refractivity contribution < 1.29 is 4.42 Å². The second-order valence-corrected chi connectivity index (χ2v) is 7.60. The Labute approximate surface area is 163 Å². The molecule has 0 aliphatic heterocycles. The van der Waals surface area contributed by atoms with Crippen molar-refractivity contribution in [2.75, 3.05) is 0 Å². The second kappa shape index (κ2) is 6.35. The van der Waals surface area contributed by atoms with Crippen molar-refractivity contribution >= 4 is 22.6 Å². The normalized spacial score (nSPS) is 18.5. The average Bonchev–Trinajstić information content (AvgIpc) is 2.74. The van der Waals surface area contributed by atoms with Gasteiger partial charge < -0.3 is 4.42 Å². The van der Waals surface area contributed by atoms with Crippen LogP contribution in [0.4, 0.5) is 0 Å². The van der Waals surface area contributed by atoms with Gasteiger partial charge >= 0.3 is 0 Å². The number of hydrogen-bond donors (Lipinski definition) is 0. The van der Waals surface area contributed by atoms with E-state index in [1.54, 1.807) is 6.07 Å². The number of benzene rings is 3. The highest BCUT2D eigenvalue weighted by molar-refractivity contribution is 5.90. The van der Waals surface area contributed by atoms with E-state index in [4.69, 9.17) is 4.42 Å². The quantitative estimate of drug-likeness (QED) is 0.447. The monoisotopic (exact) mass is 364 g/mol. The van der Waals surface area contributed by atoms with Gasteiger partial charge in [0, 0.05) is 6.07 Å². The molecule has 5 rings (SSSR count). The van der Waals surface area contributed by atoms with Crippen molar-refractivity contribution in [3.63, 3.8) is 0 Å². The second-order valence-electron chi connectivity index (χ2n) is 7.60. The van der Waals surface area contributed by atoms with Crippen molar-refractivity contribution in [1.82, 2.24) is 0 Å². The lowest BCUT2D eigenvalue weighted by Gasteiger charge is -2.36. The van der Waals surface area contributed by atoms with Gasteiger partial charge in [0.25, 0.3) is 0 Å². The van der Waals surface area contributed by atoms with E-state index in [1.807, 2.05) is 42.5 Å². The zero-order valence-electron chi connectivity index (χ0n) is 15.7. The molecule has 1 aromatic heterocycles. The SMILES string of the molecule is CC1(c2cc(=O)c3ccccc3o2)Cc2ccccc2C=C1c1ccccc1. The first kappa shape index (κ1) is 16.8. The van der Waals surface area contributed by atoms with Crippen LogP contribution < -0.4 is 5.43 Å². The molecule has 0 amide bonds. The average molecular weight is 364 g/mol. The summed E-state index contributed by atoms with van der Waals surface area (Å²) in [7, 11) is 0. The Morgan fingerprint density at radius 3 is 2.43 bits per heavy atom. The molecular weight excluding hydrogens is 344 g/mol. The molecule has 0 N–H and O–H groups in total. The number of hydrogen-bond acceptors (Lipinski definition) is 2. The van der Waals surface area contributed by atoms with Crippen LogP contribution >= 0.6 is 0 Å². The van der Waals surface area contributed by atoms with Gasteiger partial charge in [0.2, 0.25) is 0 Å². The van der Waals surface area contributed by atoms with Crippen molar-refractivity contribution in [2.24, 2.45) is 0 Å². The van der Waals surface area contributed by atoms with Crippen LogP contribution in [0.5, 0.6) is 0 Å². The smallest absolute Gasteiger partial charge is 0.192 e. The fourth-order valence-electron chi connectivity index (χ4n) is 4.24. The molecular formula is C26H20O2. The van der Waals surface area contributed by atoms with Crippen LogP contribution in [0.15, 0.2) is 94.1 Å². The van der Waals surface area contributed by atoms with Crippen LogP contribution in [0.3, 0.4) is 0 Å². The van der Waals surface area contributed by atoms with Crippen molar-refractivity contribution in [1.29, 1.82) is 0 Å². The number of para-hydroxylation sites is 1. The number of allylic oxidation sites excluding steroid dienone is 1. The summed E-state index contributed by atoms with van der Waals surface area (Å²) in [5, 5.41) is 0.622. The van der Waals surface area contributed by atoms with E-state index in [9.17, 15) is 4.79 Å². The summed E-state index contributed by atoms with van der Waals surface area (Å²) >= 11 is 0. The first-order valence-electron chi connectivity index (χ1n) is 9.54. The molecule has 0 radical (unpaired) electrons. The fraction of sp³-hybridized carbons (Fsp3) is 0.115. The summed E-state index contributed by atoms with van der Waals surface area (Å²) in [6, 6.07) is 27.9. The molecule has 3 aromatic carbocycles. The molecule has 0 spiro atoms. The molecule has 28 heavy (non-hydrogen) atoms. The molecule has 0 fully saturated rings. The van der Waals surface area contributed by atoms with Crippen LogP contribution in [0.25, 0.3) is 22.6 Å². The summed E-state index contributed by atoms with van der Waals surface area (Å²) in [6.45, 7) is 2.18. The molecule has 136 valence electrons. The number of rotatable bonds is 2. The lowest BCUT2D eigenvalue weighted by atomic mass is 9.68. The van der Waals surface area contributed by atoms with Crippen LogP contribution in [-0.4, -0.2) is 0 Å². The highest BCUT2D eigenvalue weighted by atomic mass is 16.3. The van der Waals surface area contributed by atoms with Crippen LogP contribution in [0.2, 0.25) is 0 Å². The standard InChI is InChI=1S/C26H20O2/c1-26(25-16-23(27)21-13-7-8-14-24(21)28-25)17-20-12-6-5-11-19(20)15-22(26)18-9-3-2-4-10-18/h2-16H,17H2,1H3. The molecule has 0 bridgehead atoms. The summed E-state index contributed by atoms with van der Waals surface area (Å²) in [5.41, 5.74) is 5.02. The van der Waals surface area contributed by atoms with Gasteiger partial charge in [-0.2, -0.15) is 0 Å². The third-order valence-electron chi connectivity index (χ3n) is 5.76. The first-order chi connectivity index (χ1) is 13.6. The minimum Gasteiger partial charge on any atom is -0.460 e. The predicted molar refractivity (Wildman–Crippen MR) is 114 cm³/mol. The molecule has 1 atom stereocenters. The lowest BCUT2D eigenvalue weighted by molar-refractivity contribution is 0.435. The van der Waals surface area contributed by atoms with Gasteiger partial charge in [-0.25, -0.2) is 0 Å². The Bertz CT molecular complexity index is 1260. The summed E-state index contributed by atoms with van der Waals surface area (Å²) in [5.74, 6) is 0.709. The highest BCUT2D eigenvalue weighted by Crippen LogP contribution is 2.46. The minimum absolute atomic E-state index is 0.00402. The molecule has 1 unspecified atom stereocenters. The van der Waals surface area contributed by atoms with Gasteiger partial charge in [-0.1, -0.05) is 66.7 Å². The van der Waals surface area contributed by atoms with Crippen molar-refractivity contribution in [2.45, 2.75) is 18.8 Å². The Morgan fingerprint density at radius 1 is 0.857 bits per heavy atom. The van der Waals surface area contributed by atoms with Gasteiger partial charge in [-0.05, 0) is 53.8 Å². The molecule has 2 nitrogen and oxygen atoms in total. The molecule has 0 saturated heterocycles. The van der Waals surface area contributed by atoms with E-state index in [0.717, 1.165) is 12.0 Å². The summed E-state index contributed by atoms with van der Waals surface area (Å²) in [6.07, 6.45) is 3.02. The van der Waals surface area contributed by atoms with Gasteiger partial charge in [-0.15, -0.1) is 0 Å².